The molecule has 3 rings (SSSR count). The molecule has 1 heterocycles. The standard InChI is InChI=1S/C19H14ClN3O5S/c1-11(28-18(25)13-7-8-14(20)16(9-13)23(26)27)17(24)22-19-21-15(10-29-19)12-5-3-2-4-6-12/h2-11H,1H3,(H,21,22,24). The molecule has 8 nitrogen and oxygen atoms in total. The Kier molecular flexibility index (Phi) is 6.20. The third-order valence-electron chi connectivity index (χ3n) is 3.84. The van der Waals surface area contributed by atoms with Crippen LogP contribution >= 0.6 is 22.9 Å². The van der Waals surface area contributed by atoms with Crippen LogP contribution in [-0.4, -0.2) is 27.9 Å². The maximum absolute atomic E-state index is 12.3. The number of nitro groups is 1. The molecule has 3 aromatic rings. The Hall–Kier alpha value is -3.30. The Labute approximate surface area is 174 Å². The molecule has 0 bridgehead atoms. The van der Waals surface area contributed by atoms with Gasteiger partial charge in [0.1, 0.15) is 5.02 Å². The van der Waals surface area contributed by atoms with Gasteiger partial charge in [-0.15, -0.1) is 11.3 Å². The number of esters is 1. The van der Waals surface area contributed by atoms with Gasteiger partial charge in [0.05, 0.1) is 16.2 Å². The van der Waals surface area contributed by atoms with Crippen molar-refractivity contribution in [3.63, 3.8) is 0 Å². The number of carbonyl (C=O) groups excluding carboxylic acids is 2. The van der Waals surface area contributed by atoms with Crippen molar-refractivity contribution in [2.24, 2.45) is 0 Å². The summed E-state index contributed by atoms with van der Waals surface area (Å²) < 4.78 is 5.10. The Morgan fingerprint density at radius 2 is 1.97 bits per heavy atom. The smallest absolute Gasteiger partial charge is 0.339 e. The third-order valence-corrected chi connectivity index (χ3v) is 4.91. The highest BCUT2D eigenvalue weighted by molar-refractivity contribution is 7.14. The van der Waals surface area contributed by atoms with Gasteiger partial charge in [-0.3, -0.25) is 20.2 Å². The number of benzene rings is 2. The molecule has 0 fully saturated rings. The van der Waals surface area contributed by atoms with Crippen molar-refractivity contribution >= 4 is 45.6 Å². The van der Waals surface area contributed by atoms with Gasteiger partial charge >= 0.3 is 5.97 Å². The second-order valence-corrected chi connectivity index (χ2v) is 7.13. The molecule has 1 unspecified atom stereocenters. The fourth-order valence-corrected chi connectivity index (χ4v) is 3.25. The van der Waals surface area contributed by atoms with Crippen molar-refractivity contribution in [2.75, 3.05) is 5.32 Å². The summed E-state index contributed by atoms with van der Waals surface area (Å²) in [4.78, 5) is 39.1. The lowest BCUT2D eigenvalue weighted by Crippen LogP contribution is -2.30. The maximum Gasteiger partial charge on any atom is 0.339 e. The van der Waals surface area contributed by atoms with Crippen LogP contribution < -0.4 is 5.32 Å². The molecule has 2 aromatic carbocycles. The fourth-order valence-electron chi connectivity index (χ4n) is 2.34. The first-order chi connectivity index (χ1) is 13.8. The van der Waals surface area contributed by atoms with Gasteiger partial charge in [0.2, 0.25) is 0 Å². The van der Waals surface area contributed by atoms with E-state index in [1.165, 1.54) is 30.4 Å². The van der Waals surface area contributed by atoms with Crippen LogP contribution in [0, 0.1) is 10.1 Å². The number of amides is 1. The van der Waals surface area contributed by atoms with E-state index in [0.29, 0.717) is 10.8 Å². The molecule has 0 radical (unpaired) electrons. The van der Waals surface area contributed by atoms with Crippen molar-refractivity contribution < 1.29 is 19.2 Å². The maximum atomic E-state index is 12.3. The van der Waals surface area contributed by atoms with Gasteiger partial charge < -0.3 is 4.74 Å². The van der Waals surface area contributed by atoms with Crippen molar-refractivity contribution in [2.45, 2.75) is 13.0 Å². The number of carbonyl (C=O) groups is 2. The van der Waals surface area contributed by atoms with Gasteiger partial charge in [-0.25, -0.2) is 9.78 Å². The summed E-state index contributed by atoms with van der Waals surface area (Å²) in [7, 11) is 0. The summed E-state index contributed by atoms with van der Waals surface area (Å²) in [6.07, 6.45) is -1.14. The lowest BCUT2D eigenvalue weighted by Gasteiger charge is -2.12. The van der Waals surface area contributed by atoms with Crippen LogP contribution in [-0.2, 0) is 9.53 Å². The number of aromatic nitrogens is 1. The van der Waals surface area contributed by atoms with Gasteiger partial charge in [-0.1, -0.05) is 41.9 Å². The van der Waals surface area contributed by atoms with Crippen LogP contribution in [0.4, 0.5) is 10.8 Å². The minimum absolute atomic E-state index is 0.0821. The van der Waals surface area contributed by atoms with Gasteiger partial charge in [-0.2, -0.15) is 0 Å². The van der Waals surface area contributed by atoms with E-state index in [4.69, 9.17) is 16.3 Å². The molecular formula is C19H14ClN3O5S. The molecule has 0 spiro atoms. The lowest BCUT2D eigenvalue weighted by molar-refractivity contribution is -0.384. The van der Waals surface area contributed by atoms with Crippen LogP contribution in [0.5, 0.6) is 0 Å². The quantitative estimate of drug-likeness (QED) is 0.348. The van der Waals surface area contributed by atoms with Crippen molar-refractivity contribution in [1.82, 2.24) is 4.98 Å². The molecule has 1 atom stereocenters. The summed E-state index contributed by atoms with van der Waals surface area (Å²) in [6, 6.07) is 13.0. The average molecular weight is 432 g/mol. The van der Waals surface area contributed by atoms with Crippen LogP contribution in [0.25, 0.3) is 11.3 Å². The first kappa shape index (κ1) is 20.4. The zero-order chi connectivity index (χ0) is 21.0. The van der Waals surface area contributed by atoms with Crippen LogP contribution in [0.3, 0.4) is 0 Å². The number of rotatable bonds is 6. The predicted molar refractivity (Wildman–Crippen MR) is 109 cm³/mol. The number of thiazole rings is 1. The topological polar surface area (TPSA) is 111 Å². The minimum Gasteiger partial charge on any atom is -0.449 e. The van der Waals surface area contributed by atoms with E-state index < -0.39 is 28.6 Å². The number of hydrogen-bond acceptors (Lipinski definition) is 7. The van der Waals surface area contributed by atoms with Gasteiger partial charge in [-0.05, 0) is 19.1 Å². The summed E-state index contributed by atoms with van der Waals surface area (Å²) in [5, 5.41) is 15.6. The van der Waals surface area contributed by atoms with Gasteiger partial charge in [0, 0.05) is 17.0 Å². The van der Waals surface area contributed by atoms with E-state index in [1.54, 1.807) is 5.38 Å². The molecule has 10 heteroatoms. The summed E-state index contributed by atoms with van der Waals surface area (Å²) in [5.41, 5.74) is 1.12. The van der Waals surface area contributed by atoms with E-state index in [9.17, 15) is 19.7 Å². The normalized spacial score (nSPS) is 11.5. The van der Waals surface area contributed by atoms with Crippen LogP contribution in [0.2, 0.25) is 5.02 Å². The Morgan fingerprint density at radius 1 is 1.24 bits per heavy atom. The lowest BCUT2D eigenvalue weighted by atomic mass is 10.2. The molecule has 148 valence electrons. The molecule has 1 amide bonds. The van der Waals surface area contributed by atoms with Crippen molar-refractivity contribution in [3.8, 4) is 11.3 Å². The number of nitrogens with zero attached hydrogens (tertiary/aromatic N) is 2. The van der Waals surface area contributed by atoms with E-state index >= 15 is 0 Å². The van der Waals surface area contributed by atoms with E-state index in [-0.39, 0.29) is 10.6 Å². The summed E-state index contributed by atoms with van der Waals surface area (Å²) in [5.74, 6) is -1.45. The Balaban J connectivity index is 1.64. The molecule has 1 aromatic heterocycles. The van der Waals surface area contributed by atoms with E-state index in [1.807, 2.05) is 30.3 Å². The first-order valence-electron chi connectivity index (χ1n) is 8.32. The van der Waals surface area contributed by atoms with Crippen LogP contribution in [0.1, 0.15) is 17.3 Å². The zero-order valence-corrected chi connectivity index (χ0v) is 16.6. The molecular weight excluding hydrogens is 418 g/mol. The van der Waals surface area contributed by atoms with Crippen molar-refractivity contribution in [3.05, 3.63) is 74.6 Å². The molecule has 0 saturated carbocycles. The molecule has 0 aliphatic heterocycles. The number of nitro benzene ring substituents is 1. The van der Waals surface area contributed by atoms with E-state index in [0.717, 1.165) is 11.6 Å². The van der Waals surface area contributed by atoms with Gasteiger partial charge in [0.25, 0.3) is 11.6 Å². The second-order valence-electron chi connectivity index (χ2n) is 5.86. The average Bonchev–Trinajstić information content (AvgIpc) is 3.17. The zero-order valence-electron chi connectivity index (χ0n) is 15.0. The number of ether oxygens (including phenoxy) is 1. The monoisotopic (exact) mass is 431 g/mol. The molecule has 29 heavy (non-hydrogen) atoms. The molecule has 0 aliphatic rings. The third kappa shape index (κ3) is 4.95. The highest BCUT2D eigenvalue weighted by Gasteiger charge is 2.22. The number of nitrogens with one attached hydrogen (secondary N) is 1. The molecule has 0 aliphatic carbocycles. The molecule has 0 saturated heterocycles. The number of anilines is 1. The fraction of sp³-hybridized carbons (Fsp3) is 0.105. The van der Waals surface area contributed by atoms with Gasteiger partial charge in [0.15, 0.2) is 11.2 Å². The highest BCUT2D eigenvalue weighted by Crippen LogP contribution is 2.26. The predicted octanol–water partition coefficient (Wildman–Crippen LogP) is 4.56. The van der Waals surface area contributed by atoms with Crippen LogP contribution in [0.15, 0.2) is 53.9 Å². The summed E-state index contributed by atoms with van der Waals surface area (Å²) >= 11 is 6.96. The highest BCUT2D eigenvalue weighted by atomic mass is 35.5. The largest absolute Gasteiger partial charge is 0.449 e. The molecule has 1 N–H and O–H groups in total. The summed E-state index contributed by atoms with van der Waals surface area (Å²) in [6.45, 7) is 1.39. The minimum atomic E-state index is -1.14. The number of halogens is 1. The first-order valence-corrected chi connectivity index (χ1v) is 9.57. The number of hydrogen-bond donors (Lipinski definition) is 1. The Bertz CT molecular complexity index is 1070. The second kappa shape index (κ2) is 8.80. The SMILES string of the molecule is CC(OC(=O)c1ccc(Cl)c([N+](=O)[O-])c1)C(=O)Nc1nc(-c2ccccc2)cs1. The van der Waals surface area contributed by atoms with Crippen molar-refractivity contribution in [1.29, 1.82) is 0 Å². The van der Waals surface area contributed by atoms with E-state index in [2.05, 4.69) is 10.3 Å². The Morgan fingerprint density at radius 3 is 2.66 bits per heavy atom.